The summed E-state index contributed by atoms with van der Waals surface area (Å²) in [6.45, 7) is 2.34. The van der Waals surface area contributed by atoms with Gasteiger partial charge >= 0.3 is 5.97 Å². The van der Waals surface area contributed by atoms with Gasteiger partial charge in [-0.3, -0.25) is 14.4 Å². The number of unbranched alkanes of at least 4 members (excludes halogenated alkanes) is 1. The lowest BCUT2D eigenvalue weighted by Gasteiger charge is -2.40. The molecular weight excluding hydrogens is 402 g/mol. The Morgan fingerprint density at radius 1 is 1.10 bits per heavy atom. The van der Waals surface area contributed by atoms with Crippen molar-refractivity contribution < 1.29 is 19.1 Å². The second-order valence-electron chi connectivity index (χ2n) is 7.48. The van der Waals surface area contributed by atoms with Gasteiger partial charge in [-0.1, -0.05) is 55.3 Å². The number of nitrogens with zero attached hydrogens (tertiary/aromatic N) is 1. The molecule has 5 nitrogen and oxygen atoms in total. The Kier molecular flexibility index (Phi) is 7.63. The van der Waals surface area contributed by atoms with Crippen molar-refractivity contribution in [3.8, 4) is 0 Å². The maximum absolute atomic E-state index is 13.0. The number of piperidine rings is 1. The summed E-state index contributed by atoms with van der Waals surface area (Å²) in [4.78, 5) is 39.8. The molecule has 1 saturated heterocycles. The van der Waals surface area contributed by atoms with Crippen molar-refractivity contribution in [1.82, 2.24) is 4.90 Å². The van der Waals surface area contributed by atoms with E-state index in [-0.39, 0.29) is 24.3 Å². The zero-order valence-electron chi connectivity index (χ0n) is 17.1. The predicted molar refractivity (Wildman–Crippen MR) is 115 cm³/mol. The summed E-state index contributed by atoms with van der Waals surface area (Å²) in [6, 6.07) is 15.7. The maximum Gasteiger partial charge on any atom is 0.311 e. The number of amides is 1. The van der Waals surface area contributed by atoms with Crippen LogP contribution in [0.15, 0.2) is 54.6 Å². The third kappa shape index (κ3) is 5.28. The number of ketones is 1. The van der Waals surface area contributed by atoms with E-state index in [1.54, 1.807) is 29.2 Å². The van der Waals surface area contributed by atoms with Crippen LogP contribution >= 0.6 is 11.6 Å². The van der Waals surface area contributed by atoms with Crippen LogP contribution in [0.4, 0.5) is 0 Å². The van der Waals surface area contributed by atoms with Crippen LogP contribution in [0.1, 0.15) is 54.6 Å². The summed E-state index contributed by atoms with van der Waals surface area (Å²) in [6.07, 6.45) is 2.54. The lowest BCUT2D eigenvalue weighted by atomic mass is 9.84. The number of hydrogen-bond acceptors (Lipinski definition) is 4. The van der Waals surface area contributed by atoms with Crippen LogP contribution in [0, 0.1) is 5.92 Å². The molecule has 3 rings (SSSR count). The van der Waals surface area contributed by atoms with E-state index in [4.69, 9.17) is 16.3 Å². The molecule has 0 saturated carbocycles. The molecule has 1 aliphatic heterocycles. The van der Waals surface area contributed by atoms with Crippen LogP contribution in [-0.2, 0) is 14.3 Å². The van der Waals surface area contributed by atoms with Gasteiger partial charge in [0.05, 0.1) is 12.0 Å². The summed E-state index contributed by atoms with van der Waals surface area (Å²) in [5.41, 5.74) is 1.35. The van der Waals surface area contributed by atoms with Gasteiger partial charge in [0.1, 0.15) is 0 Å². The zero-order valence-corrected chi connectivity index (χ0v) is 17.8. The van der Waals surface area contributed by atoms with Gasteiger partial charge in [-0.05, 0) is 42.7 Å². The fraction of sp³-hybridized carbons (Fsp3) is 0.375. The number of carbonyl (C=O) groups excluding carboxylic acids is 3. The molecule has 1 heterocycles. The molecule has 0 bridgehead atoms. The van der Waals surface area contributed by atoms with Crippen molar-refractivity contribution in [1.29, 1.82) is 0 Å². The van der Waals surface area contributed by atoms with Crippen molar-refractivity contribution in [3.05, 3.63) is 70.7 Å². The number of rotatable bonds is 8. The van der Waals surface area contributed by atoms with E-state index in [2.05, 4.69) is 6.92 Å². The molecule has 0 aromatic heterocycles. The molecule has 0 aliphatic carbocycles. The molecule has 6 heteroatoms. The molecular formula is C24H26ClNO4. The molecule has 0 spiro atoms. The average Bonchev–Trinajstić information content (AvgIpc) is 2.77. The second kappa shape index (κ2) is 10.4. The fourth-order valence-corrected chi connectivity index (χ4v) is 3.94. The van der Waals surface area contributed by atoms with E-state index in [1.807, 2.05) is 30.3 Å². The summed E-state index contributed by atoms with van der Waals surface area (Å²) in [5, 5.41) is 0.535. The van der Waals surface area contributed by atoms with Crippen LogP contribution in [0.2, 0.25) is 5.02 Å². The van der Waals surface area contributed by atoms with Gasteiger partial charge in [0.15, 0.2) is 12.4 Å². The van der Waals surface area contributed by atoms with Crippen molar-refractivity contribution in [3.63, 3.8) is 0 Å². The van der Waals surface area contributed by atoms with E-state index in [1.165, 1.54) is 0 Å². The summed E-state index contributed by atoms with van der Waals surface area (Å²) in [5.74, 6) is -1.18. The highest BCUT2D eigenvalue weighted by molar-refractivity contribution is 6.30. The van der Waals surface area contributed by atoms with Crippen LogP contribution in [0.5, 0.6) is 0 Å². The minimum absolute atomic E-state index is 0.0543. The summed E-state index contributed by atoms with van der Waals surface area (Å²) >= 11 is 5.85. The highest BCUT2D eigenvalue weighted by atomic mass is 35.5. The molecule has 0 N–H and O–H groups in total. The molecule has 1 amide bonds. The molecule has 158 valence electrons. The van der Waals surface area contributed by atoms with Gasteiger partial charge < -0.3 is 9.64 Å². The predicted octanol–water partition coefficient (Wildman–Crippen LogP) is 4.85. The molecule has 1 fully saturated rings. The molecule has 2 aromatic rings. The Labute approximate surface area is 182 Å². The third-order valence-electron chi connectivity index (χ3n) is 5.41. The number of benzene rings is 2. The Hall–Kier alpha value is -2.66. The molecule has 2 aromatic carbocycles. The number of halogens is 1. The lowest BCUT2D eigenvalue weighted by molar-refractivity contribution is -0.156. The number of carbonyl (C=O) groups is 3. The maximum atomic E-state index is 13.0. The van der Waals surface area contributed by atoms with Gasteiger partial charge in [-0.15, -0.1) is 0 Å². The molecule has 30 heavy (non-hydrogen) atoms. The Bertz CT molecular complexity index is 882. The van der Waals surface area contributed by atoms with Gasteiger partial charge in [0.25, 0.3) is 0 Å². The second-order valence-corrected chi connectivity index (χ2v) is 7.92. The van der Waals surface area contributed by atoms with Crippen LogP contribution in [0.25, 0.3) is 0 Å². The number of ether oxygens (including phenoxy) is 1. The van der Waals surface area contributed by atoms with Crippen molar-refractivity contribution in [2.24, 2.45) is 5.92 Å². The smallest absolute Gasteiger partial charge is 0.311 e. The first-order chi connectivity index (χ1) is 14.5. The number of esters is 1. The van der Waals surface area contributed by atoms with Gasteiger partial charge in [0, 0.05) is 23.6 Å². The van der Waals surface area contributed by atoms with E-state index in [0.29, 0.717) is 30.0 Å². The largest absolute Gasteiger partial charge is 0.457 e. The molecule has 0 radical (unpaired) electrons. The number of hydrogen-bond donors (Lipinski definition) is 0. The zero-order chi connectivity index (χ0) is 21.5. The Morgan fingerprint density at radius 3 is 2.47 bits per heavy atom. The minimum atomic E-state index is -0.500. The van der Waals surface area contributed by atoms with Gasteiger partial charge in [-0.2, -0.15) is 0 Å². The first-order valence-electron chi connectivity index (χ1n) is 10.3. The Morgan fingerprint density at radius 2 is 1.80 bits per heavy atom. The summed E-state index contributed by atoms with van der Waals surface area (Å²) < 4.78 is 5.41. The van der Waals surface area contributed by atoms with E-state index < -0.39 is 11.9 Å². The SMILES string of the molecule is CCCCN1C(=O)CC[C@@H](C(=O)OCC(=O)c2ccc(Cl)cc2)[C@@H]1c1ccccc1. The van der Waals surface area contributed by atoms with E-state index in [0.717, 1.165) is 18.4 Å². The minimum Gasteiger partial charge on any atom is -0.457 e. The standard InChI is InChI=1S/C24H26ClNO4/c1-2-3-15-26-22(28)14-13-20(23(26)18-7-5-4-6-8-18)24(29)30-16-21(27)17-9-11-19(25)12-10-17/h4-12,20,23H,2-3,13-16H2,1H3/t20-,23+/m1/s1. The first-order valence-corrected chi connectivity index (χ1v) is 10.7. The van der Waals surface area contributed by atoms with Crippen LogP contribution < -0.4 is 0 Å². The monoisotopic (exact) mass is 427 g/mol. The van der Waals surface area contributed by atoms with Gasteiger partial charge in [0.2, 0.25) is 5.91 Å². The highest BCUT2D eigenvalue weighted by Crippen LogP contribution is 2.37. The van der Waals surface area contributed by atoms with Crippen molar-refractivity contribution in [2.75, 3.05) is 13.2 Å². The summed E-state index contributed by atoms with van der Waals surface area (Å²) in [7, 11) is 0. The number of likely N-dealkylation sites (tertiary alicyclic amines) is 1. The molecule has 2 atom stereocenters. The average molecular weight is 428 g/mol. The number of Topliss-reactive ketones (excluding diaryl/α,β-unsaturated/α-hetero) is 1. The van der Waals surface area contributed by atoms with Crippen LogP contribution in [0.3, 0.4) is 0 Å². The third-order valence-corrected chi connectivity index (χ3v) is 5.67. The lowest BCUT2D eigenvalue weighted by Crippen LogP contribution is -2.46. The highest BCUT2D eigenvalue weighted by Gasteiger charge is 2.41. The van der Waals surface area contributed by atoms with Crippen LogP contribution in [-0.4, -0.2) is 35.7 Å². The normalized spacial score (nSPS) is 18.9. The van der Waals surface area contributed by atoms with Crippen molar-refractivity contribution in [2.45, 2.75) is 38.6 Å². The first kappa shape index (κ1) is 22.0. The molecule has 0 unspecified atom stereocenters. The van der Waals surface area contributed by atoms with E-state index in [9.17, 15) is 14.4 Å². The topological polar surface area (TPSA) is 63.7 Å². The van der Waals surface area contributed by atoms with Gasteiger partial charge in [-0.25, -0.2) is 0 Å². The van der Waals surface area contributed by atoms with E-state index >= 15 is 0 Å². The van der Waals surface area contributed by atoms with Crippen molar-refractivity contribution >= 4 is 29.3 Å². The Balaban J connectivity index is 1.75. The fourth-order valence-electron chi connectivity index (χ4n) is 3.82. The molecule has 1 aliphatic rings. The quantitative estimate of drug-likeness (QED) is 0.446.